The van der Waals surface area contributed by atoms with E-state index in [1.807, 2.05) is 24.3 Å². The third kappa shape index (κ3) is 1.27. The van der Waals surface area contributed by atoms with Gasteiger partial charge in [-0.2, -0.15) is 0 Å². The summed E-state index contributed by atoms with van der Waals surface area (Å²) in [6, 6.07) is 7.45. The fraction of sp³-hybridized carbons (Fsp3) is 0.364. The molecule has 0 aliphatic heterocycles. The van der Waals surface area contributed by atoms with Crippen molar-refractivity contribution in [3.63, 3.8) is 0 Å². The van der Waals surface area contributed by atoms with Gasteiger partial charge in [0.2, 0.25) is 0 Å². The third-order valence-corrected chi connectivity index (χ3v) is 2.70. The van der Waals surface area contributed by atoms with Gasteiger partial charge in [-0.3, -0.25) is 4.79 Å². The molecule has 1 aromatic rings. The van der Waals surface area contributed by atoms with Crippen molar-refractivity contribution in [2.75, 3.05) is 0 Å². The smallest absolute Gasteiger partial charge is 0.179 e. The molecule has 0 aromatic heterocycles. The number of fused-ring (bicyclic) bond motifs is 1. The molecular weight excluding hydrogens is 162 g/mol. The van der Waals surface area contributed by atoms with E-state index < -0.39 is 0 Å². The van der Waals surface area contributed by atoms with Gasteiger partial charge in [-0.05, 0) is 17.9 Å². The summed E-state index contributed by atoms with van der Waals surface area (Å²) >= 11 is 0. The van der Waals surface area contributed by atoms with Crippen molar-refractivity contribution in [1.29, 1.82) is 0 Å². The molecule has 0 amide bonds. The van der Waals surface area contributed by atoms with Crippen molar-refractivity contribution >= 4 is 5.78 Å². The molecule has 0 heterocycles. The van der Waals surface area contributed by atoms with E-state index in [0.29, 0.717) is 5.92 Å². The molecule has 1 aliphatic carbocycles. The summed E-state index contributed by atoms with van der Waals surface area (Å²) in [6.45, 7) is 2.12. The Bertz CT molecular complexity index is 346. The number of hydrogen-bond donors (Lipinski definition) is 1. The lowest BCUT2D eigenvalue weighted by Crippen LogP contribution is -2.36. The van der Waals surface area contributed by atoms with Gasteiger partial charge in [0.15, 0.2) is 5.78 Å². The minimum atomic E-state index is -0.301. The highest BCUT2D eigenvalue weighted by atomic mass is 16.1. The number of carbonyl (C=O) groups excluding carboxylic acids is 1. The summed E-state index contributed by atoms with van der Waals surface area (Å²) in [4.78, 5) is 11.6. The quantitative estimate of drug-likeness (QED) is 0.652. The molecule has 0 spiro atoms. The predicted octanol–water partition coefficient (Wildman–Crippen LogP) is 1.70. The number of ketones is 1. The van der Waals surface area contributed by atoms with E-state index in [-0.39, 0.29) is 11.8 Å². The topological polar surface area (TPSA) is 43.1 Å². The van der Waals surface area contributed by atoms with Crippen LogP contribution in [0, 0.1) is 0 Å². The van der Waals surface area contributed by atoms with Crippen molar-refractivity contribution in [3.05, 3.63) is 35.4 Å². The molecule has 0 unspecified atom stereocenters. The van der Waals surface area contributed by atoms with Crippen molar-refractivity contribution in [2.45, 2.75) is 25.3 Å². The first kappa shape index (κ1) is 8.45. The zero-order valence-corrected chi connectivity index (χ0v) is 7.66. The molecule has 2 rings (SSSR count). The summed E-state index contributed by atoms with van der Waals surface area (Å²) < 4.78 is 0. The fourth-order valence-electron chi connectivity index (χ4n) is 1.97. The van der Waals surface area contributed by atoms with Crippen LogP contribution < -0.4 is 5.73 Å². The summed E-state index contributed by atoms with van der Waals surface area (Å²) in [5.74, 6) is 0.498. The predicted molar refractivity (Wildman–Crippen MR) is 51.8 cm³/mol. The molecule has 2 nitrogen and oxygen atoms in total. The Morgan fingerprint density at radius 1 is 1.38 bits per heavy atom. The Balaban J connectivity index is 2.54. The molecule has 0 bridgehead atoms. The standard InChI is InChI=1S/C11H13NO/c1-7-6-10(12)11(13)9-5-3-2-4-8(7)9/h2-5,7,10H,6,12H2,1H3/t7-,10+/m0/s1. The molecule has 0 saturated carbocycles. The SMILES string of the molecule is C[C@H]1C[C@@H](N)C(=O)c2ccccc21. The maximum Gasteiger partial charge on any atom is 0.179 e. The average Bonchev–Trinajstić information content (AvgIpc) is 2.15. The molecule has 2 N–H and O–H groups in total. The Kier molecular flexibility index (Phi) is 1.93. The lowest BCUT2D eigenvalue weighted by Gasteiger charge is -2.25. The van der Waals surface area contributed by atoms with E-state index in [1.165, 1.54) is 0 Å². The molecule has 0 fully saturated rings. The highest BCUT2D eigenvalue weighted by Crippen LogP contribution is 2.29. The van der Waals surface area contributed by atoms with E-state index in [1.54, 1.807) is 0 Å². The van der Waals surface area contributed by atoms with E-state index in [9.17, 15) is 4.79 Å². The lowest BCUT2D eigenvalue weighted by atomic mass is 9.81. The van der Waals surface area contributed by atoms with Gasteiger partial charge in [0.1, 0.15) is 0 Å². The second kappa shape index (κ2) is 2.96. The maximum absolute atomic E-state index is 11.6. The molecule has 0 radical (unpaired) electrons. The number of carbonyl (C=O) groups is 1. The van der Waals surface area contributed by atoms with E-state index in [2.05, 4.69) is 6.92 Å². The van der Waals surface area contributed by atoms with Crippen LogP contribution in [-0.4, -0.2) is 11.8 Å². The second-order valence-electron chi connectivity index (χ2n) is 3.69. The summed E-state index contributed by atoms with van der Waals surface area (Å²) in [6.07, 6.45) is 0.774. The molecule has 1 aliphatic rings. The van der Waals surface area contributed by atoms with Crippen molar-refractivity contribution in [3.8, 4) is 0 Å². The van der Waals surface area contributed by atoms with E-state index >= 15 is 0 Å². The zero-order valence-electron chi connectivity index (χ0n) is 7.66. The molecule has 68 valence electrons. The number of nitrogens with two attached hydrogens (primary N) is 1. The first-order valence-corrected chi connectivity index (χ1v) is 4.59. The zero-order chi connectivity index (χ0) is 9.42. The van der Waals surface area contributed by atoms with Gasteiger partial charge in [-0.1, -0.05) is 31.2 Å². The molecule has 2 heteroatoms. The van der Waals surface area contributed by atoms with Gasteiger partial charge >= 0.3 is 0 Å². The Morgan fingerprint density at radius 2 is 2.08 bits per heavy atom. The van der Waals surface area contributed by atoms with Crippen LogP contribution in [0.2, 0.25) is 0 Å². The number of rotatable bonds is 0. The summed E-state index contributed by atoms with van der Waals surface area (Å²) in [5, 5.41) is 0. The van der Waals surface area contributed by atoms with Gasteiger partial charge in [0.25, 0.3) is 0 Å². The van der Waals surface area contributed by atoms with Gasteiger partial charge in [0, 0.05) is 5.56 Å². The molecule has 2 atom stereocenters. The van der Waals surface area contributed by atoms with Gasteiger partial charge in [-0.15, -0.1) is 0 Å². The van der Waals surface area contributed by atoms with Crippen LogP contribution in [0.4, 0.5) is 0 Å². The van der Waals surface area contributed by atoms with Crippen LogP contribution in [0.15, 0.2) is 24.3 Å². The fourth-order valence-corrected chi connectivity index (χ4v) is 1.97. The molecule has 1 aromatic carbocycles. The molecular formula is C11H13NO. The van der Waals surface area contributed by atoms with Crippen LogP contribution in [-0.2, 0) is 0 Å². The third-order valence-electron chi connectivity index (χ3n) is 2.70. The largest absolute Gasteiger partial charge is 0.321 e. The number of hydrogen-bond acceptors (Lipinski definition) is 2. The Hall–Kier alpha value is -1.15. The monoisotopic (exact) mass is 175 g/mol. The molecule has 0 saturated heterocycles. The lowest BCUT2D eigenvalue weighted by molar-refractivity contribution is 0.0943. The number of benzene rings is 1. The molecule has 13 heavy (non-hydrogen) atoms. The normalized spacial score (nSPS) is 27.1. The second-order valence-corrected chi connectivity index (χ2v) is 3.69. The Morgan fingerprint density at radius 3 is 2.85 bits per heavy atom. The minimum Gasteiger partial charge on any atom is -0.321 e. The van der Waals surface area contributed by atoms with Crippen LogP contribution >= 0.6 is 0 Å². The summed E-state index contributed by atoms with van der Waals surface area (Å²) in [5.41, 5.74) is 7.70. The first-order chi connectivity index (χ1) is 6.20. The van der Waals surface area contributed by atoms with Gasteiger partial charge in [-0.25, -0.2) is 0 Å². The highest BCUT2D eigenvalue weighted by molar-refractivity contribution is 6.02. The minimum absolute atomic E-state index is 0.0914. The number of Topliss-reactive ketones (excluding diaryl/α,β-unsaturated/α-hetero) is 1. The average molecular weight is 175 g/mol. The van der Waals surface area contributed by atoms with Gasteiger partial charge < -0.3 is 5.73 Å². The maximum atomic E-state index is 11.6. The van der Waals surface area contributed by atoms with Crippen molar-refractivity contribution in [2.24, 2.45) is 5.73 Å². The van der Waals surface area contributed by atoms with E-state index in [4.69, 9.17) is 5.73 Å². The van der Waals surface area contributed by atoms with Crippen LogP contribution in [0.3, 0.4) is 0 Å². The van der Waals surface area contributed by atoms with Crippen LogP contribution in [0.25, 0.3) is 0 Å². The highest BCUT2D eigenvalue weighted by Gasteiger charge is 2.28. The van der Waals surface area contributed by atoms with Crippen molar-refractivity contribution in [1.82, 2.24) is 0 Å². The van der Waals surface area contributed by atoms with Crippen molar-refractivity contribution < 1.29 is 4.79 Å². The first-order valence-electron chi connectivity index (χ1n) is 4.59. The van der Waals surface area contributed by atoms with Crippen LogP contribution in [0.1, 0.15) is 35.2 Å². The van der Waals surface area contributed by atoms with Gasteiger partial charge in [0.05, 0.1) is 6.04 Å². The summed E-state index contributed by atoms with van der Waals surface area (Å²) in [7, 11) is 0. The van der Waals surface area contributed by atoms with E-state index in [0.717, 1.165) is 17.5 Å². The Labute approximate surface area is 77.8 Å². The van der Waals surface area contributed by atoms with Crippen LogP contribution in [0.5, 0.6) is 0 Å².